The van der Waals surface area contributed by atoms with Crippen molar-refractivity contribution in [2.75, 3.05) is 32.4 Å². The number of hydrogen-bond acceptors (Lipinski definition) is 6. The summed E-state index contributed by atoms with van der Waals surface area (Å²) in [7, 11) is -3.20. The number of carbonyl (C=O) groups excluding carboxylic acids is 1. The number of H-pyrrole nitrogens is 1. The van der Waals surface area contributed by atoms with Gasteiger partial charge in [0.15, 0.2) is 0 Å². The van der Waals surface area contributed by atoms with E-state index in [1.165, 1.54) is 6.26 Å². The molecule has 2 aromatic rings. The number of aromatic amines is 1. The molecular formula is C28H39N5O5S. The van der Waals surface area contributed by atoms with Crippen LogP contribution in [0.5, 0.6) is 0 Å². The molecule has 3 aliphatic rings. The van der Waals surface area contributed by atoms with Gasteiger partial charge in [0.25, 0.3) is 0 Å². The lowest BCUT2D eigenvalue weighted by atomic mass is 9.81. The van der Waals surface area contributed by atoms with E-state index in [1.807, 2.05) is 11.0 Å². The number of nitrogens with zero attached hydrogens (tertiary/aromatic N) is 3. The number of hydrogen-bond donors (Lipinski definition) is 3. The fourth-order valence-corrected chi connectivity index (χ4v) is 7.62. The van der Waals surface area contributed by atoms with E-state index < -0.39 is 16.0 Å². The summed E-state index contributed by atoms with van der Waals surface area (Å²) in [6.45, 7) is 2.35. The Kier molecular flexibility index (Phi) is 8.11. The molecule has 1 aromatic heterocycles. The molecule has 1 aliphatic carbocycles. The van der Waals surface area contributed by atoms with Crippen LogP contribution in [0.3, 0.4) is 0 Å². The first kappa shape index (κ1) is 27.8. The lowest BCUT2D eigenvalue weighted by molar-refractivity contribution is -0.138. The smallest absolute Gasteiger partial charge is 0.335 e. The highest BCUT2D eigenvalue weighted by atomic mass is 32.2. The Labute approximate surface area is 230 Å². The van der Waals surface area contributed by atoms with E-state index in [0.717, 1.165) is 50.5 Å². The predicted octanol–water partition coefficient (Wildman–Crippen LogP) is 3.10. The Morgan fingerprint density at radius 2 is 1.82 bits per heavy atom. The van der Waals surface area contributed by atoms with Crippen LogP contribution in [0.15, 0.2) is 30.5 Å². The number of amides is 1. The molecule has 3 fully saturated rings. The van der Waals surface area contributed by atoms with Gasteiger partial charge in [-0.05, 0) is 81.4 Å². The van der Waals surface area contributed by atoms with Crippen LogP contribution in [0.2, 0.25) is 0 Å². The SMILES string of the molecule is CS(=O)(=O)N1CCC(C2CC(c3ncc(-c4cccc(C(=O)O)c4)[nH]3)N(C(=O)C3CCC(CN)CC3)C2)CC1. The second-order valence-corrected chi connectivity index (χ2v) is 13.5. The van der Waals surface area contributed by atoms with Gasteiger partial charge in [-0.15, -0.1) is 0 Å². The number of nitrogens with one attached hydrogen (secondary N) is 1. The second-order valence-electron chi connectivity index (χ2n) is 11.5. The van der Waals surface area contributed by atoms with Gasteiger partial charge in [-0.1, -0.05) is 12.1 Å². The lowest BCUT2D eigenvalue weighted by Crippen LogP contribution is -2.41. The monoisotopic (exact) mass is 557 g/mol. The fourth-order valence-electron chi connectivity index (χ4n) is 6.74. The molecule has 0 radical (unpaired) electrons. The molecule has 2 saturated heterocycles. The summed E-state index contributed by atoms with van der Waals surface area (Å²) in [5, 5.41) is 9.39. The molecule has 2 unspecified atom stereocenters. The number of aromatic nitrogens is 2. The van der Waals surface area contributed by atoms with E-state index in [1.54, 1.807) is 28.7 Å². The van der Waals surface area contributed by atoms with Gasteiger partial charge in [-0.2, -0.15) is 0 Å². The third-order valence-electron chi connectivity index (χ3n) is 9.11. The lowest BCUT2D eigenvalue weighted by Gasteiger charge is -2.34. The van der Waals surface area contributed by atoms with Gasteiger partial charge >= 0.3 is 5.97 Å². The molecule has 212 valence electrons. The zero-order valence-electron chi connectivity index (χ0n) is 22.5. The summed E-state index contributed by atoms with van der Waals surface area (Å²) in [4.78, 5) is 35.4. The van der Waals surface area contributed by atoms with Crippen LogP contribution in [-0.2, 0) is 14.8 Å². The minimum Gasteiger partial charge on any atom is -0.478 e. The number of carboxylic acid groups (broad SMARTS) is 1. The maximum atomic E-state index is 13.9. The number of benzene rings is 1. The standard InChI is InChI=1S/C28H39N5O5S/c1-39(37,38)32-11-9-19(10-12-32)23-14-25(33(17-23)27(34)20-7-5-18(15-29)6-8-20)26-30-16-24(31-26)21-3-2-4-22(13-21)28(35)36/h2-4,13,16,18-20,23,25H,5-12,14-15,17,29H2,1H3,(H,30,31)(H,35,36). The zero-order chi connectivity index (χ0) is 27.7. The Morgan fingerprint density at radius 1 is 1.10 bits per heavy atom. The summed E-state index contributed by atoms with van der Waals surface area (Å²) in [5.41, 5.74) is 7.53. The van der Waals surface area contributed by atoms with Crippen LogP contribution in [-0.4, -0.2) is 77.0 Å². The van der Waals surface area contributed by atoms with Crippen molar-refractivity contribution < 1.29 is 23.1 Å². The Balaban J connectivity index is 1.37. The van der Waals surface area contributed by atoms with Gasteiger partial charge in [0.1, 0.15) is 5.82 Å². The number of aromatic carboxylic acids is 1. The van der Waals surface area contributed by atoms with Crippen molar-refractivity contribution in [1.29, 1.82) is 0 Å². The minimum absolute atomic E-state index is 0.0113. The van der Waals surface area contributed by atoms with Crippen LogP contribution >= 0.6 is 0 Å². The number of piperidine rings is 1. The number of carboxylic acids is 1. The molecule has 0 bridgehead atoms. The van der Waals surface area contributed by atoms with Crippen molar-refractivity contribution in [1.82, 2.24) is 19.2 Å². The summed E-state index contributed by atoms with van der Waals surface area (Å²) in [6.07, 6.45) is 8.99. The van der Waals surface area contributed by atoms with Crippen LogP contribution in [0.1, 0.15) is 67.2 Å². The van der Waals surface area contributed by atoms with Crippen molar-refractivity contribution in [3.63, 3.8) is 0 Å². The molecule has 4 N–H and O–H groups in total. The first-order chi connectivity index (χ1) is 18.6. The molecule has 0 spiro atoms. The second kappa shape index (κ2) is 11.4. The maximum absolute atomic E-state index is 13.9. The highest BCUT2D eigenvalue weighted by Crippen LogP contribution is 2.43. The molecule has 1 amide bonds. The topological polar surface area (TPSA) is 150 Å². The molecule has 2 aliphatic heterocycles. The van der Waals surface area contributed by atoms with Crippen LogP contribution in [0, 0.1) is 23.7 Å². The van der Waals surface area contributed by atoms with Crippen LogP contribution in [0.4, 0.5) is 0 Å². The first-order valence-electron chi connectivity index (χ1n) is 14.0. The van der Waals surface area contributed by atoms with E-state index in [4.69, 9.17) is 5.73 Å². The molecule has 3 heterocycles. The van der Waals surface area contributed by atoms with Gasteiger partial charge in [0.2, 0.25) is 15.9 Å². The average molecular weight is 558 g/mol. The van der Waals surface area contributed by atoms with Crippen LogP contribution < -0.4 is 5.73 Å². The molecule has 1 aromatic carbocycles. The van der Waals surface area contributed by atoms with Gasteiger partial charge in [-0.3, -0.25) is 4.79 Å². The molecule has 11 heteroatoms. The first-order valence-corrected chi connectivity index (χ1v) is 15.8. The predicted molar refractivity (Wildman–Crippen MR) is 147 cm³/mol. The van der Waals surface area contributed by atoms with Crippen molar-refractivity contribution in [2.45, 2.75) is 51.0 Å². The summed E-state index contributed by atoms with van der Waals surface area (Å²) in [5.74, 6) is 0.998. The van der Waals surface area contributed by atoms with Crippen LogP contribution in [0.25, 0.3) is 11.3 Å². The van der Waals surface area contributed by atoms with Crippen molar-refractivity contribution in [3.05, 3.63) is 41.9 Å². The normalized spacial score (nSPS) is 27.1. The highest BCUT2D eigenvalue weighted by molar-refractivity contribution is 7.88. The number of sulfonamides is 1. The number of likely N-dealkylation sites (tertiary alicyclic amines) is 1. The molecule has 5 rings (SSSR count). The van der Waals surface area contributed by atoms with Gasteiger partial charge in [0.05, 0.1) is 29.8 Å². The minimum atomic E-state index is -3.20. The maximum Gasteiger partial charge on any atom is 0.335 e. The molecule has 2 atom stereocenters. The van der Waals surface area contributed by atoms with Crippen molar-refractivity contribution >= 4 is 21.9 Å². The number of carbonyl (C=O) groups is 2. The van der Waals surface area contributed by atoms with Gasteiger partial charge in [-0.25, -0.2) is 22.5 Å². The Bertz CT molecular complexity index is 1290. The van der Waals surface area contributed by atoms with Gasteiger partial charge < -0.3 is 20.7 Å². The summed E-state index contributed by atoms with van der Waals surface area (Å²) < 4.78 is 25.6. The molecule has 10 nitrogen and oxygen atoms in total. The van der Waals surface area contributed by atoms with E-state index >= 15 is 0 Å². The summed E-state index contributed by atoms with van der Waals surface area (Å²) >= 11 is 0. The number of imidazole rings is 1. The average Bonchev–Trinajstić information content (AvgIpc) is 3.60. The zero-order valence-corrected chi connectivity index (χ0v) is 23.3. The molecule has 39 heavy (non-hydrogen) atoms. The molecule has 1 saturated carbocycles. The third kappa shape index (κ3) is 6.05. The Hall–Kier alpha value is -2.76. The molecular weight excluding hydrogens is 518 g/mol. The quantitative estimate of drug-likeness (QED) is 0.473. The van der Waals surface area contributed by atoms with E-state index in [0.29, 0.717) is 49.5 Å². The Morgan fingerprint density at radius 3 is 2.46 bits per heavy atom. The summed E-state index contributed by atoms with van der Waals surface area (Å²) in [6, 6.07) is 6.53. The van der Waals surface area contributed by atoms with Crippen molar-refractivity contribution in [2.24, 2.45) is 29.4 Å². The highest BCUT2D eigenvalue weighted by Gasteiger charge is 2.44. The van der Waals surface area contributed by atoms with Crippen molar-refractivity contribution in [3.8, 4) is 11.3 Å². The number of rotatable bonds is 7. The largest absolute Gasteiger partial charge is 0.478 e. The van der Waals surface area contributed by atoms with E-state index in [-0.39, 0.29) is 29.3 Å². The fraction of sp³-hybridized carbons (Fsp3) is 0.607. The van der Waals surface area contributed by atoms with E-state index in [9.17, 15) is 23.1 Å². The third-order valence-corrected chi connectivity index (χ3v) is 10.4. The van der Waals surface area contributed by atoms with E-state index in [2.05, 4.69) is 9.97 Å². The number of nitrogens with two attached hydrogens (primary N) is 1. The van der Waals surface area contributed by atoms with Gasteiger partial charge in [0, 0.05) is 31.1 Å².